The number of aryl methyl sites for hydroxylation is 3. The summed E-state index contributed by atoms with van der Waals surface area (Å²) >= 11 is 18.3. The van der Waals surface area contributed by atoms with Gasteiger partial charge in [0.2, 0.25) is 11.7 Å². The van der Waals surface area contributed by atoms with Gasteiger partial charge in [0.1, 0.15) is 35.6 Å². The molecule has 0 aliphatic rings. The number of benzene rings is 3. The molecule has 2 atom stereocenters. The molecule has 0 aliphatic carbocycles. The molecule has 3 aromatic carbocycles. The van der Waals surface area contributed by atoms with Gasteiger partial charge in [-0.25, -0.2) is 9.98 Å². The number of hydrogen-bond acceptors (Lipinski definition) is 13. The molecule has 362 valence electrons. The van der Waals surface area contributed by atoms with Crippen LogP contribution >= 0.6 is 34.8 Å². The first-order valence-electron chi connectivity index (χ1n) is 20.6. The molecule has 0 unspecified atom stereocenters. The van der Waals surface area contributed by atoms with Crippen LogP contribution in [0.1, 0.15) is 114 Å². The number of nitrogen functional groups attached to an aromatic ring is 1. The van der Waals surface area contributed by atoms with E-state index in [1.807, 2.05) is 58.0 Å². The van der Waals surface area contributed by atoms with Gasteiger partial charge < -0.3 is 51.7 Å². The molecular formula is C48H68Cl3N9O6. The van der Waals surface area contributed by atoms with Gasteiger partial charge in [0.05, 0.1) is 32.6 Å². The van der Waals surface area contributed by atoms with Crippen molar-refractivity contribution in [3.05, 3.63) is 103 Å². The smallest absolute Gasteiger partial charge is 0.238 e. The molecule has 66 heavy (non-hydrogen) atoms. The van der Waals surface area contributed by atoms with Gasteiger partial charge in [-0.3, -0.25) is 0 Å². The zero-order valence-electron chi connectivity index (χ0n) is 39.3. The van der Waals surface area contributed by atoms with Crippen LogP contribution in [-0.2, 0) is 4.74 Å². The molecule has 0 aliphatic heterocycles. The van der Waals surface area contributed by atoms with Crippen molar-refractivity contribution in [2.75, 3.05) is 38.0 Å². The second-order valence-corrected chi connectivity index (χ2v) is 16.8. The van der Waals surface area contributed by atoms with Crippen molar-refractivity contribution in [2.24, 2.45) is 16.5 Å². The number of anilines is 2. The Morgan fingerprint density at radius 2 is 1.24 bits per heavy atom. The standard InChI is InChI=1S/C17H23ClN4O2.C14H16ClNO2.C12H14ClNO.C4H11N3O.CH4/c1-9(2)12-5-10(3)13(18)6-14(12)24-15-7-20-17(22-16(15)19)21-11(4)8-23;1-9(2)12-5-10(3)13(15)6-14(12)18-11(7-16)8-17-4;1-8(2)10-6-9(3)11(13)7-12(10)15-5-4-14;1-3(2-8)7-4(5)6;/h5-7,9,11,23H,8H2,1-4H3,(H3,19,20,21,22);5-6,8-9H,1-4H3;6-8H,5H2,1-3H3;3,8H,2H2,1H3,(H4,5,6,7);1H4/b;11-8+;;;/t11-;;;3-;/m1..1./s1. The number of ether oxygens (including phenoxy) is 4. The number of nitrogens with one attached hydrogen (secondary N) is 1. The number of guanidine groups is 1. The van der Waals surface area contributed by atoms with Crippen molar-refractivity contribution < 1.29 is 29.2 Å². The van der Waals surface area contributed by atoms with Crippen LogP contribution in [0.3, 0.4) is 0 Å². The van der Waals surface area contributed by atoms with Gasteiger partial charge in [0.15, 0.2) is 24.1 Å². The van der Waals surface area contributed by atoms with Crippen LogP contribution in [0, 0.1) is 43.4 Å². The summed E-state index contributed by atoms with van der Waals surface area (Å²) in [7, 11) is 1.46. The highest BCUT2D eigenvalue weighted by Gasteiger charge is 2.16. The molecule has 9 N–H and O–H groups in total. The predicted octanol–water partition coefficient (Wildman–Crippen LogP) is 10.8. The number of aliphatic imine (C=N–C) groups is 1. The minimum absolute atomic E-state index is 0. The Balaban J connectivity index is 0.000000900. The maximum absolute atomic E-state index is 9.06. The van der Waals surface area contributed by atoms with Crippen LogP contribution in [0.5, 0.6) is 23.0 Å². The van der Waals surface area contributed by atoms with Gasteiger partial charge in [0, 0.05) is 21.1 Å². The number of rotatable bonds is 15. The first kappa shape index (κ1) is 60.3. The zero-order chi connectivity index (χ0) is 49.6. The molecule has 4 rings (SSSR count). The number of aromatic nitrogens is 2. The van der Waals surface area contributed by atoms with Crippen LogP contribution in [-0.4, -0.2) is 65.2 Å². The summed E-state index contributed by atoms with van der Waals surface area (Å²) < 4.78 is 21.6. The largest absolute Gasteiger partial charge is 0.500 e. The quantitative estimate of drug-likeness (QED) is 0.0281. The third-order valence-corrected chi connectivity index (χ3v) is 10.1. The molecule has 18 heteroatoms. The summed E-state index contributed by atoms with van der Waals surface area (Å²) in [5.41, 5.74) is 22.1. The molecule has 0 radical (unpaired) electrons. The molecule has 0 bridgehead atoms. The van der Waals surface area contributed by atoms with Crippen molar-refractivity contribution in [1.82, 2.24) is 9.97 Å². The molecule has 0 fully saturated rings. The van der Waals surface area contributed by atoms with Crippen molar-refractivity contribution in [1.29, 1.82) is 10.5 Å². The molecule has 4 aromatic rings. The van der Waals surface area contributed by atoms with Crippen LogP contribution < -0.4 is 36.7 Å². The lowest BCUT2D eigenvalue weighted by atomic mass is 10.00. The third kappa shape index (κ3) is 20.7. The SMILES string of the molecule is C.CO/C=C(\C#N)Oc1cc(Cl)c(C)cc1C(C)C.C[C@H](CO)N=C(N)N.Cc1cc(C(C)C)c(OCC#N)cc1Cl.Cc1cc(C(C)C)c(Oc2cnc(N[C@H](C)CO)nc2N)cc1Cl. The topological polar surface area (TPSA) is 253 Å². The van der Waals surface area contributed by atoms with E-state index in [1.165, 1.54) is 19.6 Å². The van der Waals surface area contributed by atoms with Crippen LogP contribution in [0.25, 0.3) is 0 Å². The summed E-state index contributed by atoms with van der Waals surface area (Å²) in [5, 5.41) is 39.7. The van der Waals surface area contributed by atoms with Crippen molar-refractivity contribution in [2.45, 2.75) is 113 Å². The maximum atomic E-state index is 9.06. The van der Waals surface area contributed by atoms with E-state index in [0.29, 0.717) is 49.9 Å². The number of nitrogens with zero attached hydrogens (tertiary/aromatic N) is 5. The monoisotopic (exact) mass is 971 g/mol. The molecule has 1 aromatic heterocycles. The fourth-order valence-corrected chi connectivity index (χ4v) is 5.79. The Labute approximate surface area is 406 Å². The van der Waals surface area contributed by atoms with Gasteiger partial charge >= 0.3 is 0 Å². The molecule has 0 saturated carbocycles. The minimum atomic E-state index is -0.181. The summed E-state index contributed by atoms with van der Waals surface area (Å²) in [6, 6.07) is 14.8. The summed E-state index contributed by atoms with van der Waals surface area (Å²) in [6.45, 7) is 21.9. The lowest BCUT2D eigenvalue weighted by molar-refractivity contribution is 0.274. The number of aliphatic hydroxyl groups is 2. The highest BCUT2D eigenvalue weighted by Crippen LogP contribution is 2.37. The first-order chi connectivity index (χ1) is 30.5. The number of aliphatic hydroxyl groups excluding tert-OH is 2. The number of allylic oxidation sites excluding steroid dienone is 1. The van der Waals surface area contributed by atoms with E-state index in [9.17, 15) is 0 Å². The lowest BCUT2D eigenvalue weighted by Gasteiger charge is -2.17. The van der Waals surface area contributed by atoms with Gasteiger partial charge in [-0.2, -0.15) is 15.5 Å². The zero-order valence-corrected chi connectivity index (χ0v) is 41.5. The Hall–Kier alpha value is -5.68. The number of methoxy groups -OCH3 is 1. The third-order valence-electron chi connectivity index (χ3n) is 8.87. The number of hydrogen-bond donors (Lipinski definition) is 6. The first-order valence-corrected chi connectivity index (χ1v) is 21.7. The van der Waals surface area contributed by atoms with E-state index in [1.54, 1.807) is 25.1 Å². The summed E-state index contributed by atoms with van der Waals surface area (Å²) in [6.07, 6.45) is 2.77. The normalized spacial score (nSPS) is 11.4. The van der Waals surface area contributed by atoms with Crippen LogP contribution in [0.2, 0.25) is 15.1 Å². The van der Waals surface area contributed by atoms with Gasteiger partial charge in [0.25, 0.3) is 0 Å². The Morgan fingerprint density at radius 1 is 0.773 bits per heavy atom. The highest BCUT2D eigenvalue weighted by molar-refractivity contribution is 6.32. The van der Waals surface area contributed by atoms with Gasteiger partial charge in [-0.15, -0.1) is 0 Å². The summed E-state index contributed by atoms with van der Waals surface area (Å²) in [4.78, 5) is 11.9. The fourth-order valence-electron chi connectivity index (χ4n) is 5.33. The number of nitrogens with two attached hydrogens (primary N) is 3. The van der Waals surface area contributed by atoms with Crippen LogP contribution in [0.4, 0.5) is 11.8 Å². The highest BCUT2D eigenvalue weighted by atomic mass is 35.5. The van der Waals surface area contributed by atoms with Crippen LogP contribution in [0.15, 0.2) is 59.6 Å². The van der Waals surface area contributed by atoms with E-state index in [4.69, 9.17) is 91.7 Å². The predicted molar refractivity (Wildman–Crippen MR) is 269 cm³/mol. The molecule has 1 heterocycles. The minimum Gasteiger partial charge on any atom is -0.500 e. The maximum Gasteiger partial charge on any atom is 0.238 e. The Morgan fingerprint density at radius 3 is 1.64 bits per heavy atom. The van der Waals surface area contributed by atoms with E-state index < -0.39 is 0 Å². The van der Waals surface area contributed by atoms with E-state index in [-0.39, 0.29) is 68.7 Å². The van der Waals surface area contributed by atoms with E-state index in [2.05, 4.69) is 61.8 Å². The number of nitriles is 2. The average molecular weight is 973 g/mol. The molecule has 15 nitrogen and oxygen atoms in total. The second kappa shape index (κ2) is 30.5. The van der Waals surface area contributed by atoms with Gasteiger partial charge in [-0.1, -0.05) is 102 Å². The van der Waals surface area contributed by atoms with Crippen molar-refractivity contribution in [3.63, 3.8) is 0 Å². The molecular weight excluding hydrogens is 905 g/mol. The van der Waals surface area contributed by atoms with Gasteiger partial charge in [-0.05, 0) is 104 Å². The molecule has 0 spiro atoms. The molecule has 0 saturated heterocycles. The van der Waals surface area contributed by atoms with E-state index in [0.717, 1.165) is 33.4 Å². The number of halogens is 3. The second-order valence-electron chi connectivity index (χ2n) is 15.6. The van der Waals surface area contributed by atoms with E-state index >= 15 is 0 Å². The van der Waals surface area contributed by atoms with Crippen molar-refractivity contribution in [3.8, 4) is 35.1 Å². The fraction of sp³-hybridized carbons (Fsp3) is 0.438. The average Bonchev–Trinajstić information content (AvgIpc) is 3.24. The van der Waals surface area contributed by atoms with Crippen molar-refractivity contribution >= 4 is 52.5 Å². The summed E-state index contributed by atoms with van der Waals surface area (Å²) in [5.74, 6) is 3.87. The Kier molecular flexibility index (Phi) is 27.9. The Bertz CT molecular complexity index is 2290. The lowest BCUT2D eigenvalue weighted by Crippen LogP contribution is -2.25. The molecule has 0 amide bonds.